The molecule has 1 aliphatic rings. The Bertz CT molecular complexity index is 1220. The quantitative estimate of drug-likeness (QED) is 0.645. The van der Waals surface area contributed by atoms with Crippen LogP contribution in [0.3, 0.4) is 0 Å². The lowest BCUT2D eigenvalue weighted by atomic mass is 9.89. The number of rotatable bonds is 5. The number of nitrogens with zero attached hydrogens (tertiary/aromatic N) is 1. The molecule has 154 valence electrons. The molecule has 4 rings (SSSR count). The summed E-state index contributed by atoms with van der Waals surface area (Å²) in [5.74, 6) is 0. The fraction of sp³-hybridized carbons (Fsp3) is 0.409. The minimum Gasteiger partial charge on any atom is -0.296 e. The summed E-state index contributed by atoms with van der Waals surface area (Å²) in [6, 6.07) is 10.9. The summed E-state index contributed by atoms with van der Waals surface area (Å²) in [6.07, 6.45) is 4.58. The first-order valence-corrected chi connectivity index (χ1v) is 12.4. The van der Waals surface area contributed by atoms with Crippen LogP contribution in [0, 0.1) is 0 Å². The van der Waals surface area contributed by atoms with Gasteiger partial charge in [-0.1, -0.05) is 29.5 Å². The van der Waals surface area contributed by atoms with Gasteiger partial charge in [0.1, 0.15) is 0 Å². The van der Waals surface area contributed by atoms with Gasteiger partial charge >= 0.3 is 4.87 Å². The average molecular weight is 431 g/mol. The van der Waals surface area contributed by atoms with Crippen molar-refractivity contribution in [1.29, 1.82) is 0 Å². The van der Waals surface area contributed by atoms with Gasteiger partial charge in [0.2, 0.25) is 10.0 Å². The number of hydrogen-bond donors (Lipinski definition) is 1. The number of benzene rings is 2. The van der Waals surface area contributed by atoms with Crippen molar-refractivity contribution in [1.82, 2.24) is 9.29 Å². The van der Waals surface area contributed by atoms with Crippen LogP contribution in [0.4, 0.5) is 0 Å². The minimum atomic E-state index is -3.70. The van der Waals surface area contributed by atoms with Gasteiger partial charge in [-0.25, -0.2) is 13.1 Å². The van der Waals surface area contributed by atoms with Gasteiger partial charge in [0.05, 0.1) is 15.1 Å². The maximum atomic E-state index is 13.0. The van der Waals surface area contributed by atoms with Crippen molar-refractivity contribution in [2.24, 2.45) is 0 Å². The lowest BCUT2D eigenvalue weighted by Gasteiger charge is -2.20. The lowest BCUT2D eigenvalue weighted by Crippen LogP contribution is -2.27. The van der Waals surface area contributed by atoms with Crippen molar-refractivity contribution in [3.63, 3.8) is 0 Å². The molecule has 2 aromatic carbocycles. The Hall–Kier alpha value is -1.96. The van der Waals surface area contributed by atoms with Crippen molar-refractivity contribution < 1.29 is 8.42 Å². The van der Waals surface area contributed by atoms with E-state index in [1.807, 2.05) is 26.8 Å². The van der Waals surface area contributed by atoms with E-state index < -0.39 is 10.0 Å². The van der Waals surface area contributed by atoms with Crippen LogP contribution in [0.25, 0.3) is 10.2 Å². The Morgan fingerprint density at radius 3 is 2.45 bits per heavy atom. The summed E-state index contributed by atoms with van der Waals surface area (Å²) in [5.41, 5.74) is 4.47. The van der Waals surface area contributed by atoms with Crippen molar-refractivity contribution in [2.45, 2.75) is 63.4 Å². The number of hydrogen-bond acceptors (Lipinski definition) is 4. The van der Waals surface area contributed by atoms with Crippen LogP contribution in [0.5, 0.6) is 0 Å². The highest BCUT2D eigenvalue weighted by Crippen LogP contribution is 2.27. The summed E-state index contributed by atoms with van der Waals surface area (Å²) in [7, 11) is -3.70. The molecule has 1 atom stereocenters. The molecule has 0 saturated heterocycles. The van der Waals surface area contributed by atoms with Gasteiger partial charge in [0.15, 0.2) is 0 Å². The minimum absolute atomic E-state index is 0.0286. The standard InChI is InChI=1S/C22H26N2O3S2/c1-14(2)24-20-11-10-19(13-21(20)28-22(24)25)29(26,27)23-15(3)17-9-8-16-6-4-5-7-18(16)12-17/h8-15,23H,4-7H2,1-3H3/t15-/m0/s1. The van der Waals surface area contributed by atoms with E-state index in [-0.39, 0.29) is 21.9 Å². The summed E-state index contributed by atoms with van der Waals surface area (Å²) in [6.45, 7) is 5.76. The molecule has 0 radical (unpaired) electrons. The normalized spacial score (nSPS) is 15.6. The molecule has 5 nitrogen and oxygen atoms in total. The molecule has 0 fully saturated rings. The number of fused-ring (bicyclic) bond motifs is 2. The zero-order valence-corrected chi connectivity index (χ0v) is 18.6. The summed E-state index contributed by atoms with van der Waals surface area (Å²) < 4.78 is 31.1. The molecule has 3 aromatic rings. The predicted octanol–water partition coefficient (Wildman–Crippen LogP) is 4.56. The van der Waals surface area contributed by atoms with Gasteiger partial charge in [-0.15, -0.1) is 0 Å². The second-order valence-corrected chi connectivity index (χ2v) is 10.7. The Labute approximate surface area is 175 Å². The largest absolute Gasteiger partial charge is 0.308 e. The SMILES string of the molecule is CC(C)n1c(=O)sc2cc(S(=O)(=O)N[C@@H](C)c3ccc4c(c3)CCCC4)ccc21. The number of nitrogens with one attached hydrogen (secondary N) is 1. The molecule has 1 aliphatic carbocycles. The van der Waals surface area contributed by atoms with Crippen LogP contribution >= 0.6 is 11.3 Å². The van der Waals surface area contributed by atoms with E-state index in [1.54, 1.807) is 22.8 Å². The molecular weight excluding hydrogens is 404 g/mol. The topological polar surface area (TPSA) is 68.2 Å². The van der Waals surface area contributed by atoms with E-state index in [4.69, 9.17) is 0 Å². The van der Waals surface area contributed by atoms with Gasteiger partial charge in [-0.3, -0.25) is 9.36 Å². The first-order valence-electron chi connectivity index (χ1n) is 10.1. The molecule has 0 aliphatic heterocycles. The van der Waals surface area contributed by atoms with Crippen LogP contribution < -0.4 is 9.60 Å². The fourth-order valence-corrected chi connectivity index (χ4v) is 6.45. The van der Waals surface area contributed by atoms with Gasteiger partial charge in [-0.2, -0.15) is 0 Å². The first kappa shape index (κ1) is 20.3. The molecule has 29 heavy (non-hydrogen) atoms. The van der Waals surface area contributed by atoms with Crippen molar-refractivity contribution >= 4 is 31.6 Å². The third-order valence-electron chi connectivity index (χ3n) is 5.62. The molecule has 0 spiro atoms. The Morgan fingerprint density at radius 2 is 1.72 bits per heavy atom. The average Bonchev–Trinajstić information content (AvgIpc) is 3.02. The van der Waals surface area contributed by atoms with E-state index >= 15 is 0 Å². The van der Waals surface area contributed by atoms with E-state index in [2.05, 4.69) is 16.9 Å². The van der Waals surface area contributed by atoms with Gasteiger partial charge in [0.25, 0.3) is 0 Å². The molecule has 0 amide bonds. The van der Waals surface area contributed by atoms with Gasteiger partial charge in [-0.05, 0) is 81.3 Å². The van der Waals surface area contributed by atoms with Crippen molar-refractivity contribution in [2.75, 3.05) is 0 Å². The monoisotopic (exact) mass is 430 g/mol. The summed E-state index contributed by atoms with van der Waals surface area (Å²) >= 11 is 1.08. The van der Waals surface area contributed by atoms with Gasteiger partial charge in [0, 0.05) is 12.1 Å². The molecule has 1 N–H and O–H groups in total. The van der Waals surface area contributed by atoms with Crippen molar-refractivity contribution in [3.05, 3.63) is 62.8 Å². The van der Waals surface area contributed by atoms with E-state index in [9.17, 15) is 13.2 Å². The summed E-state index contributed by atoms with van der Waals surface area (Å²) in [5, 5.41) is 0. The molecule has 1 heterocycles. The smallest absolute Gasteiger partial charge is 0.296 e. The van der Waals surface area contributed by atoms with Crippen LogP contribution in [0.15, 0.2) is 46.1 Å². The predicted molar refractivity (Wildman–Crippen MR) is 118 cm³/mol. The second kappa shape index (κ2) is 7.70. The molecular formula is C22H26N2O3S2. The molecule has 0 bridgehead atoms. The highest BCUT2D eigenvalue weighted by atomic mass is 32.2. The first-order chi connectivity index (χ1) is 13.8. The Kier molecular flexibility index (Phi) is 5.40. The summed E-state index contributed by atoms with van der Waals surface area (Å²) in [4.78, 5) is 12.4. The Morgan fingerprint density at radius 1 is 1.00 bits per heavy atom. The molecule has 0 saturated carbocycles. The zero-order chi connectivity index (χ0) is 20.8. The number of sulfonamides is 1. The highest BCUT2D eigenvalue weighted by molar-refractivity contribution is 7.89. The highest BCUT2D eigenvalue weighted by Gasteiger charge is 2.21. The Balaban J connectivity index is 1.62. The maximum absolute atomic E-state index is 13.0. The molecule has 7 heteroatoms. The number of thiazole rings is 1. The van der Waals surface area contributed by atoms with E-state index in [0.29, 0.717) is 4.70 Å². The third-order valence-corrected chi connectivity index (χ3v) is 8.07. The van der Waals surface area contributed by atoms with E-state index in [0.717, 1.165) is 35.3 Å². The number of aromatic nitrogens is 1. The molecule has 0 unspecified atom stereocenters. The maximum Gasteiger partial charge on any atom is 0.308 e. The fourth-order valence-electron chi connectivity index (χ4n) is 4.06. The van der Waals surface area contributed by atoms with Crippen LogP contribution in [-0.2, 0) is 22.9 Å². The van der Waals surface area contributed by atoms with Crippen molar-refractivity contribution in [3.8, 4) is 0 Å². The van der Waals surface area contributed by atoms with Crippen LogP contribution in [0.2, 0.25) is 0 Å². The van der Waals surface area contributed by atoms with E-state index in [1.165, 1.54) is 24.0 Å². The molecule has 1 aromatic heterocycles. The number of aryl methyl sites for hydroxylation is 2. The lowest BCUT2D eigenvalue weighted by molar-refractivity contribution is 0.566. The second-order valence-electron chi connectivity index (χ2n) is 8.04. The van der Waals surface area contributed by atoms with Gasteiger partial charge < -0.3 is 0 Å². The zero-order valence-electron chi connectivity index (χ0n) is 16.9. The third kappa shape index (κ3) is 3.91. The van der Waals surface area contributed by atoms with Crippen LogP contribution in [0.1, 0.15) is 62.4 Å². The van der Waals surface area contributed by atoms with Crippen LogP contribution in [-0.4, -0.2) is 13.0 Å².